The van der Waals surface area contributed by atoms with Crippen LogP contribution in [0.25, 0.3) is 0 Å². The second-order valence-electron chi connectivity index (χ2n) is 2.44. The molecule has 0 aliphatic heterocycles. The van der Waals surface area contributed by atoms with E-state index in [0.717, 1.165) is 13.0 Å². The maximum atomic E-state index is 8.53. The molecule has 0 fully saturated rings. The minimum Gasteiger partial charge on any atom is -0.396 e. The highest BCUT2D eigenvalue weighted by atomic mass is 32.1. The molecule has 0 radical (unpaired) electrons. The van der Waals surface area contributed by atoms with Crippen LogP contribution >= 0.6 is 11.3 Å². The quantitative estimate of drug-likeness (QED) is 0.678. The first-order chi connectivity index (χ1) is 5.34. The van der Waals surface area contributed by atoms with E-state index in [1.165, 1.54) is 10.6 Å². The molecule has 11 heavy (non-hydrogen) atoms. The smallest absolute Gasteiger partial charge is 0.0912 e. The molecule has 0 aliphatic rings. The molecule has 1 aromatic heterocycles. The van der Waals surface area contributed by atoms with Gasteiger partial charge in [-0.1, -0.05) is 0 Å². The molecule has 2 N–H and O–H groups in total. The zero-order valence-electron chi connectivity index (χ0n) is 6.63. The fourth-order valence-electron chi connectivity index (χ4n) is 0.835. The Balaban J connectivity index is 2.32. The van der Waals surface area contributed by atoms with Gasteiger partial charge in [0.05, 0.1) is 5.00 Å². The van der Waals surface area contributed by atoms with Gasteiger partial charge in [-0.2, -0.15) is 0 Å². The van der Waals surface area contributed by atoms with E-state index in [-0.39, 0.29) is 6.61 Å². The zero-order chi connectivity index (χ0) is 8.10. The first kappa shape index (κ1) is 8.56. The van der Waals surface area contributed by atoms with E-state index in [1.54, 1.807) is 11.3 Å². The highest BCUT2D eigenvalue weighted by Crippen LogP contribution is 2.21. The number of aryl methyl sites for hydroxylation is 1. The lowest BCUT2D eigenvalue weighted by molar-refractivity contribution is 0.292. The predicted molar refractivity (Wildman–Crippen MR) is 49.2 cm³/mol. The first-order valence-corrected chi connectivity index (χ1v) is 4.61. The summed E-state index contributed by atoms with van der Waals surface area (Å²) in [4.78, 5) is 0. The van der Waals surface area contributed by atoms with Gasteiger partial charge in [-0.3, -0.25) is 0 Å². The van der Waals surface area contributed by atoms with Gasteiger partial charge in [0.25, 0.3) is 0 Å². The van der Waals surface area contributed by atoms with E-state index >= 15 is 0 Å². The standard InChI is InChI=1S/C8H13NOS/c1-7-3-6-11-8(7)9-4-2-5-10/h3,6,9-10H,2,4-5H2,1H3. The molecular formula is C8H13NOS. The molecule has 0 amide bonds. The SMILES string of the molecule is Cc1ccsc1NCCCO. The second-order valence-corrected chi connectivity index (χ2v) is 3.35. The Morgan fingerprint density at radius 3 is 3.00 bits per heavy atom. The van der Waals surface area contributed by atoms with Crippen LogP contribution in [0.15, 0.2) is 11.4 Å². The molecule has 3 heteroatoms. The van der Waals surface area contributed by atoms with E-state index in [1.807, 2.05) is 0 Å². The lowest BCUT2D eigenvalue weighted by Gasteiger charge is -2.02. The molecular weight excluding hydrogens is 158 g/mol. The number of hydrogen-bond donors (Lipinski definition) is 2. The summed E-state index contributed by atoms with van der Waals surface area (Å²) >= 11 is 1.71. The van der Waals surface area contributed by atoms with Crippen molar-refractivity contribution in [1.29, 1.82) is 0 Å². The topological polar surface area (TPSA) is 32.3 Å². The van der Waals surface area contributed by atoms with Crippen LogP contribution in [0.1, 0.15) is 12.0 Å². The van der Waals surface area contributed by atoms with Gasteiger partial charge in [0, 0.05) is 13.2 Å². The van der Waals surface area contributed by atoms with Crippen LogP contribution in [0.5, 0.6) is 0 Å². The zero-order valence-corrected chi connectivity index (χ0v) is 7.45. The summed E-state index contributed by atoms with van der Waals surface area (Å²) in [6, 6.07) is 2.09. The van der Waals surface area contributed by atoms with Gasteiger partial charge in [-0.15, -0.1) is 11.3 Å². The van der Waals surface area contributed by atoms with Crippen molar-refractivity contribution in [3.05, 3.63) is 17.0 Å². The Kier molecular flexibility index (Phi) is 3.39. The van der Waals surface area contributed by atoms with Gasteiger partial charge >= 0.3 is 0 Å². The summed E-state index contributed by atoms with van der Waals surface area (Å²) in [7, 11) is 0. The highest BCUT2D eigenvalue weighted by molar-refractivity contribution is 7.14. The highest BCUT2D eigenvalue weighted by Gasteiger charge is 1.96. The summed E-state index contributed by atoms with van der Waals surface area (Å²) in [6.07, 6.45) is 0.817. The van der Waals surface area contributed by atoms with E-state index in [2.05, 4.69) is 23.7 Å². The lowest BCUT2D eigenvalue weighted by Crippen LogP contribution is -2.02. The van der Waals surface area contributed by atoms with E-state index in [4.69, 9.17) is 5.11 Å². The third-order valence-corrected chi connectivity index (χ3v) is 2.46. The van der Waals surface area contributed by atoms with Gasteiger partial charge in [0.2, 0.25) is 0 Å². The Morgan fingerprint density at radius 2 is 2.45 bits per heavy atom. The van der Waals surface area contributed by atoms with Crippen LogP contribution in [0, 0.1) is 6.92 Å². The van der Waals surface area contributed by atoms with Crippen molar-refractivity contribution < 1.29 is 5.11 Å². The molecule has 0 atom stereocenters. The molecule has 0 bridgehead atoms. The molecule has 2 nitrogen and oxygen atoms in total. The first-order valence-electron chi connectivity index (χ1n) is 3.73. The van der Waals surface area contributed by atoms with Crippen LogP contribution in [0.2, 0.25) is 0 Å². The number of anilines is 1. The summed E-state index contributed by atoms with van der Waals surface area (Å²) in [5.74, 6) is 0. The van der Waals surface area contributed by atoms with Crippen molar-refractivity contribution in [2.75, 3.05) is 18.5 Å². The van der Waals surface area contributed by atoms with Gasteiger partial charge in [-0.05, 0) is 30.4 Å². The number of thiophene rings is 1. The van der Waals surface area contributed by atoms with Crippen LogP contribution in [-0.2, 0) is 0 Å². The summed E-state index contributed by atoms with van der Waals surface area (Å²) in [5, 5.41) is 15.1. The van der Waals surface area contributed by atoms with Crippen molar-refractivity contribution in [3.63, 3.8) is 0 Å². The number of nitrogens with one attached hydrogen (secondary N) is 1. The van der Waals surface area contributed by atoms with E-state index in [0.29, 0.717) is 0 Å². The van der Waals surface area contributed by atoms with E-state index < -0.39 is 0 Å². The van der Waals surface area contributed by atoms with Gasteiger partial charge < -0.3 is 10.4 Å². The van der Waals surface area contributed by atoms with Crippen LogP contribution in [0.3, 0.4) is 0 Å². The Bertz CT molecular complexity index is 210. The molecule has 1 heterocycles. The van der Waals surface area contributed by atoms with Crippen LogP contribution in [0.4, 0.5) is 5.00 Å². The van der Waals surface area contributed by atoms with Crippen LogP contribution < -0.4 is 5.32 Å². The number of aliphatic hydroxyl groups is 1. The number of hydrogen-bond acceptors (Lipinski definition) is 3. The minimum atomic E-state index is 0.261. The average Bonchev–Trinajstić information content (AvgIpc) is 2.37. The van der Waals surface area contributed by atoms with Crippen molar-refractivity contribution in [3.8, 4) is 0 Å². The second kappa shape index (κ2) is 4.36. The minimum absolute atomic E-state index is 0.261. The lowest BCUT2D eigenvalue weighted by atomic mass is 10.3. The normalized spacial score (nSPS) is 10.0. The third kappa shape index (κ3) is 2.52. The monoisotopic (exact) mass is 171 g/mol. The molecule has 1 aromatic rings. The molecule has 0 saturated heterocycles. The summed E-state index contributed by atoms with van der Waals surface area (Å²) in [6.45, 7) is 3.20. The molecule has 0 saturated carbocycles. The largest absolute Gasteiger partial charge is 0.396 e. The van der Waals surface area contributed by atoms with Crippen molar-refractivity contribution >= 4 is 16.3 Å². The van der Waals surface area contributed by atoms with Crippen molar-refractivity contribution in [2.24, 2.45) is 0 Å². The molecule has 0 aliphatic carbocycles. The van der Waals surface area contributed by atoms with Crippen LogP contribution in [-0.4, -0.2) is 18.3 Å². The van der Waals surface area contributed by atoms with Gasteiger partial charge in [0.15, 0.2) is 0 Å². The molecule has 0 spiro atoms. The average molecular weight is 171 g/mol. The van der Waals surface area contributed by atoms with Crippen molar-refractivity contribution in [1.82, 2.24) is 0 Å². The van der Waals surface area contributed by atoms with Crippen molar-refractivity contribution in [2.45, 2.75) is 13.3 Å². The fourth-order valence-corrected chi connectivity index (χ4v) is 1.68. The van der Waals surface area contributed by atoms with E-state index in [9.17, 15) is 0 Å². The van der Waals surface area contributed by atoms with Gasteiger partial charge in [-0.25, -0.2) is 0 Å². The summed E-state index contributed by atoms with van der Waals surface area (Å²) < 4.78 is 0. The maximum absolute atomic E-state index is 8.53. The number of aliphatic hydroxyl groups excluding tert-OH is 1. The Morgan fingerprint density at radius 1 is 1.64 bits per heavy atom. The fraction of sp³-hybridized carbons (Fsp3) is 0.500. The van der Waals surface area contributed by atoms with Gasteiger partial charge in [0.1, 0.15) is 0 Å². The Labute approximate surface area is 70.9 Å². The molecule has 62 valence electrons. The molecule has 0 aromatic carbocycles. The molecule has 0 unspecified atom stereocenters. The molecule has 1 rings (SSSR count). The summed E-state index contributed by atoms with van der Waals surface area (Å²) in [5.41, 5.74) is 1.29. The third-order valence-electron chi connectivity index (χ3n) is 1.48. The Hall–Kier alpha value is -0.540. The number of rotatable bonds is 4. The predicted octanol–water partition coefficient (Wildman–Crippen LogP) is 1.85. The maximum Gasteiger partial charge on any atom is 0.0912 e.